The first-order chi connectivity index (χ1) is 9.27. The third-order valence-corrected chi connectivity index (χ3v) is 3.44. The van der Waals surface area contributed by atoms with Gasteiger partial charge in [0.2, 0.25) is 0 Å². The predicted molar refractivity (Wildman–Crippen MR) is 81.1 cm³/mol. The number of benzene rings is 2. The third-order valence-electron chi connectivity index (χ3n) is 3.44. The van der Waals surface area contributed by atoms with E-state index in [1.54, 1.807) is 0 Å². The minimum Gasteiger partial charge on any atom is -0.274 e. The van der Waals surface area contributed by atoms with Crippen LogP contribution < -0.4 is 10.0 Å². The number of anilines is 2. The van der Waals surface area contributed by atoms with Crippen LogP contribution in [0, 0.1) is 0 Å². The molecule has 0 saturated heterocycles. The second-order valence-corrected chi connectivity index (χ2v) is 4.88. The van der Waals surface area contributed by atoms with E-state index in [0.717, 1.165) is 0 Å². The normalized spacial score (nSPS) is 18.6. The van der Waals surface area contributed by atoms with Crippen LogP contribution in [0.5, 0.6) is 0 Å². The molecule has 2 heteroatoms. The summed E-state index contributed by atoms with van der Waals surface area (Å²) in [6.07, 6.45) is 2.29. The fourth-order valence-electron chi connectivity index (χ4n) is 2.67. The summed E-state index contributed by atoms with van der Waals surface area (Å²) >= 11 is 0. The van der Waals surface area contributed by atoms with E-state index < -0.39 is 0 Å². The fourth-order valence-corrected chi connectivity index (χ4v) is 2.67. The maximum Gasteiger partial charge on any atom is 0.0682 e. The molecule has 0 N–H and O–H groups in total. The molecule has 2 aromatic rings. The van der Waals surface area contributed by atoms with Gasteiger partial charge in [0, 0.05) is 5.70 Å². The molecule has 1 unspecified atom stereocenters. The van der Waals surface area contributed by atoms with Crippen molar-refractivity contribution in [3.63, 3.8) is 0 Å². The summed E-state index contributed by atoms with van der Waals surface area (Å²) < 4.78 is 0. The van der Waals surface area contributed by atoms with Crippen molar-refractivity contribution in [3.8, 4) is 0 Å². The number of hydrazine groups is 1. The molecular weight excluding hydrogens is 232 g/mol. The third kappa shape index (κ3) is 2.10. The zero-order chi connectivity index (χ0) is 13.2. The monoisotopic (exact) mass is 250 g/mol. The molecule has 0 radical (unpaired) electrons. The maximum absolute atomic E-state index is 2.32. The van der Waals surface area contributed by atoms with Gasteiger partial charge >= 0.3 is 0 Å². The summed E-state index contributed by atoms with van der Waals surface area (Å²) in [5.41, 5.74) is 3.68. The quantitative estimate of drug-likeness (QED) is 0.787. The second-order valence-electron chi connectivity index (χ2n) is 4.88. The number of para-hydroxylation sites is 2. The Morgan fingerprint density at radius 2 is 1.32 bits per heavy atom. The molecule has 1 atom stereocenters. The molecule has 0 amide bonds. The van der Waals surface area contributed by atoms with Crippen molar-refractivity contribution in [2.45, 2.75) is 19.9 Å². The van der Waals surface area contributed by atoms with Crippen LogP contribution in [0.3, 0.4) is 0 Å². The first-order valence-electron chi connectivity index (χ1n) is 6.65. The highest BCUT2D eigenvalue weighted by atomic mass is 15.7. The Bertz CT molecular complexity index is 575. The summed E-state index contributed by atoms with van der Waals surface area (Å²) in [6.45, 7) is 4.38. The van der Waals surface area contributed by atoms with Crippen LogP contribution >= 0.6 is 0 Å². The molecular formula is C17H18N2. The molecule has 1 aliphatic heterocycles. The van der Waals surface area contributed by atoms with Gasteiger partial charge in [-0.25, -0.2) is 0 Å². The number of hydrogen-bond donors (Lipinski definition) is 0. The Morgan fingerprint density at radius 1 is 0.789 bits per heavy atom. The van der Waals surface area contributed by atoms with Crippen LogP contribution in [0.15, 0.2) is 72.4 Å². The summed E-state index contributed by atoms with van der Waals surface area (Å²) in [5.74, 6) is 0. The van der Waals surface area contributed by atoms with Gasteiger partial charge in [-0.05, 0) is 44.2 Å². The summed E-state index contributed by atoms with van der Waals surface area (Å²) in [7, 11) is 0. The van der Waals surface area contributed by atoms with Gasteiger partial charge in [0.05, 0.1) is 17.4 Å². The molecule has 1 aliphatic rings. The van der Waals surface area contributed by atoms with Gasteiger partial charge in [-0.3, -0.25) is 10.0 Å². The molecule has 19 heavy (non-hydrogen) atoms. The van der Waals surface area contributed by atoms with E-state index in [4.69, 9.17) is 0 Å². The Hall–Kier alpha value is -2.22. The van der Waals surface area contributed by atoms with Crippen molar-refractivity contribution in [1.29, 1.82) is 0 Å². The van der Waals surface area contributed by atoms with Gasteiger partial charge in [-0.15, -0.1) is 0 Å². The highest BCUT2D eigenvalue weighted by Gasteiger charge is 2.28. The van der Waals surface area contributed by atoms with Gasteiger partial charge in [-0.2, -0.15) is 0 Å². The fraction of sp³-hybridized carbons (Fsp3) is 0.176. The number of allylic oxidation sites excluding steroid dienone is 1. The van der Waals surface area contributed by atoms with Crippen LogP contribution in [-0.4, -0.2) is 6.04 Å². The minimum absolute atomic E-state index is 0.364. The summed E-state index contributed by atoms with van der Waals surface area (Å²) in [5, 5.41) is 4.60. The van der Waals surface area contributed by atoms with Crippen LogP contribution in [0.2, 0.25) is 0 Å². The minimum atomic E-state index is 0.364. The largest absolute Gasteiger partial charge is 0.274 e. The standard InChI is InChI=1S/C17H18N2/c1-14-13-15(2)19(17-11-7-4-8-12-17)18(14)16-9-5-3-6-10-16/h3-14H,1-2H3. The molecule has 96 valence electrons. The van der Waals surface area contributed by atoms with Crippen molar-refractivity contribution in [2.24, 2.45) is 0 Å². The average molecular weight is 250 g/mol. The Balaban J connectivity index is 2.03. The average Bonchev–Trinajstić information content (AvgIpc) is 2.75. The molecule has 2 nitrogen and oxygen atoms in total. The number of rotatable bonds is 2. The van der Waals surface area contributed by atoms with Gasteiger partial charge in [-0.1, -0.05) is 36.4 Å². The van der Waals surface area contributed by atoms with Crippen molar-refractivity contribution < 1.29 is 0 Å². The van der Waals surface area contributed by atoms with Crippen molar-refractivity contribution in [2.75, 3.05) is 10.0 Å². The molecule has 0 fully saturated rings. The van der Waals surface area contributed by atoms with Crippen LogP contribution in [0.1, 0.15) is 13.8 Å². The Kier molecular flexibility index (Phi) is 3.00. The number of nitrogens with zero attached hydrogens (tertiary/aromatic N) is 2. The van der Waals surface area contributed by atoms with E-state index in [9.17, 15) is 0 Å². The lowest BCUT2D eigenvalue weighted by molar-refractivity contribution is 0.776. The van der Waals surface area contributed by atoms with Gasteiger partial charge in [0.25, 0.3) is 0 Å². The molecule has 0 aromatic heterocycles. The topological polar surface area (TPSA) is 6.48 Å². The number of hydrogen-bond acceptors (Lipinski definition) is 2. The first kappa shape index (κ1) is 11.8. The van der Waals surface area contributed by atoms with E-state index in [1.165, 1.54) is 17.1 Å². The van der Waals surface area contributed by atoms with Gasteiger partial charge in [0.15, 0.2) is 0 Å². The van der Waals surface area contributed by atoms with Gasteiger partial charge < -0.3 is 0 Å². The summed E-state index contributed by atoms with van der Waals surface area (Å²) in [6, 6.07) is 21.4. The van der Waals surface area contributed by atoms with Crippen molar-refractivity contribution in [3.05, 3.63) is 72.4 Å². The Labute approximate surface area is 114 Å². The highest BCUT2D eigenvalue weighted by Crippen LogP contribution is 2.33. The second kappa shape index (κ2) is 4.81. The molecule has 0 spiro atoms. The van der Waals surface area contributed by atoms with Crippen LogP contribution in [0.25, 0.3) is 0 Å². The first-order valence-corrected chi connectivity index (χ1v) is 6.65. The molecule has 3 rings (SSSR count). The van der Waals surface area contributed by atoms with E-state index in [2.05, 4.69) is 90.6 Å². The Morgan fingerprint density at radius 3 is 1.89 bits per heavy atom. The van der Waals surface area contributed by atoms with Crippen molar-refractivity contribution >= 4 is 11.4 Å². The van der Waals surface area contributed by atoms with E-state index in [-0.39, 0.29) is 0 Å². The molecule has 2 aromatic carbocycles. The van der Waals surface area contributed by atoms with E-state index >= 15 is 0 Å². The summed E-state index contributed by atoms with van der Waals surface area (Å²) in [4.78, 5) is 0. The lowest BCUT2D eigenvalue weighted by Crippen LogP contribution is -2.41. The maximum atomic E-state index is 2.32. The molecule has 0 aliphatic carbocycles. The lowest BCUT2D eigenvalue weighted by atomic mass is 10.2. The zero-order valence-electron chi connectivity index (χ0n) is 11.3. The molecule has 1 heterocycles. The van der Waals surface area contributed by atoms with Gasteiger partial charge in [0.1, 0.15) is 0 Å². The predicted octanol–water partition coefficient (Wildman–Crippen LogP) is 4.22. The lowest BCUT2D eigenvalue weighted by Gasteiger charge is -2.36. The smallest absolute Gasteiger partial charge is 0.0682 e. The van der Waals surface area contributed by atoms with Crippen LogP contribution in [-0.2, 0) is 0 Å². The van der Waals surface area contributed by atoms with Crippen LogP contribution in [0.4, 0.5) is 11.4 Å². The van der Waals surface area contributed by atoms with Crippen molar-refractivity contribution in [1.82, 2.24) is 0 Å². The van der Waals surface area contributed by atoms with E-state index in [0.29, 0.717) is 6.04 Å². The molecule has 0 saturated carbocycles. The highest BCUT2D eigenvalue weighted by molar-refractivity contribution is 5.65. The van der Waals surface area contributed by atoms with E-state index in [1.807, 2.05) is 0 Å². The SMILES string of the molecule is CC1=CC(C)N(c2ccccc2)N1c1ccccc1. The zero-order valence-corrected chi connectivity index (χ0v) is 11.3. The molecule has 0 bridgehead atoms.